The molecule has 1 amide bonds. The molecule has 3 aromatic heterocycles. The molecule has 1 N–H and O–H groups in total. The normalized spacial score (nSPS) is 15.1. The molecule has 1 aromatic carbocycles. The highest BCUT2D eigenvalue weighted by molar-refractivity contribution is 6.14. The smallest absolute Gasteiger partial charge is 0.259 e. The van der Waals surface area contributed by atoms with Gasteiger partial charge >= 0.3 is 0 Å². The van der Waals surface area contributed by atoms with Crippen molar-refractivity contribution in [2.45, 2.75) is 58.9 Å². The predicted octanol–water partition coefficient (Wildman–Crippen LogP) is 5.72. The lowest BCUT2D eigenvalue weighted by Crippen LogP contribution is -2.39. The number of carbonyl (C=O) groups excluding carboxylic acids is 1. The number of fused-ring (bicyclic) bond motifs is 2. The summed E-state index contributed by atoms with van der Waals surface area (Å²) in [6.45, 7) is 8.52. The quantitative estimate of drug-likeness (QED) is 0.426. The molecule has 32 heavy (non-hydrogen) atoms. The van der Waals surface area contributed by atoms with Gasteiger partial charge in [0.15, 0.2) is 5.65 Å². The summed E-state index contributed by atoms with van der Waals surface area (Å²) < 4.78 is 1.81. The zero-order chi connectivity index (χ0) is 22.6. The topological polar surface area (TPSA) is 66.8 Å². The van der Waals surface area contributed by atoms with Crippen LogP contribution in [0.4, 0.5) is 5.69 Å². The van der Waals surface area contributed by atoms with E-state index in [0.29, 0.717) is 17.4 Å². The molecule has 6 nitrogen and oxygen atoms in total. The molecule has 1 aliphatic carbocycles. The van der Waals surface area contributed by atoms with E-state index in [1.54, 1.807) is 4.68 Å². The molecular weight excluding hydrogens is 398 g/mol. The van der Waals surface area contributed by atoms with E-state index >= 15 is 0 Å². The Morgan fingerprint density at radius 1 is 1.22 bits per heavy atom. The first-order valence-electron chi connectivity index (χ1n) is 11.6. The fourth-order valence-electron chi connectivity index (χ4n) is 4.90. The summed E-state index contributed by atoms with van der Waals surface area (Å²) in [5, 5.41) is 6.56. The van der Waals surface area contributed by atoms with Gasteiger partial charge < -0.3 is 9.88 Å². The molecule has 1 saturated carbocycles. The van der Waals surface area contributed by atoms with Crippen LogP contribution in [0, 0.1) is 12.8 Å². The molecule has 1 aliphatic rings. The fourth-order valence-corrected chi connectivity index (χ4v) is 4.90. The van der Waals surface area contributed by atoms with Crippen molar-refractivity contribution in [1.82, 2.24) is 19.7 Å². The van der Waals surface area contributed by atoms with Crippen LogP contribution in [0.2, 0.25) is 0 Å². The lowest BCUT2D eigenvalue weighted by molar-refractivity contribution is 0.0977. The molecule has 0 saturated heterocycles. The van der Waals surface area contributed by atoms with Crippen LogP contribution < -0.4 is 4.90 Å². The van der Waals surface area contributed by atoms with Gasteiger partial charge in [-0.25, -0.2) is 4.98 Å². The molecule has 166 valence electrons. The van der Waals surface area contributed by atoms with E-state index in [1.807, 2.05) is 37.2 Å². The van der Waals surface area contributed by atoms with Crippen LogP contribution in [0.5, 0.6) is 0 Å². The van der Waals surface area contributed by atoms with Crippen molar-refractivity contribution in [3.05, 3.63) is 53.5 Å². The third-order valence-electron chi connectivity index (χ3n) is 6.50. The number of aromatic amines is 1. The highest BCUT2D eigenvalue weighted by Crippen LogP contribution is 2.41. The van der Waals surface area contributed by atoms with Crippen LogP contribution in [0.1, 0.15) is 67.7 Å². The first-order chi connectivity index (χ1) is 15.3. The van der Waals surface area contributed by atoms with Gasteiger partial charge in [-0.05, 0) is 69.4 Å². The van der Waals surface area contributed by atoms with Gasteiger partial charge in [0.25, 0.3) is 5.91 Å². The second-order valence-corrected chi connectivity index (χ2v) is 9.68. The lowest BCUT2D eigenvalue weighted by Gasteiger charge is -2.31. The Hall–Kier alpha value is -3.15. The van der Waals surface area contributed by atoms with Gasteiger partial charge in [-0.2, -0.15) is 5.10 Å². The second-order valence-electron chi connectivity index (χ2n) is 9.68. The Labute approximate surface area is 188 Å². The number of nitrogens with zero attached hydrogens (tertiary/aromatic N) is 4. The average molecular weight is 430 g/mol. The van der Waals surface area contributed by atoms with E-state index < -0.39 is 0 Å². The molecule has 3 heterocycles. The molecule has 1 atom stereocenters. The Bertz CT molecular complexity index is 1310. The number of amides is 1. The molecular formula is C26H31N5O. The van der Waals surface area contributed by atoms with Gasteiger partial charge in [-0.15, -0.1) is 0 Å². The van der Waals surface area contributed by atoms with Crippen LogP contribution in [-0.4, -0.2) is 31.7 Å². The van der Waals surface area contributed by atoms with E-state index in [-0.39, 0.29) is 11.9 Å². The zero-order valence-corrected chi connectivity index (χ0v) is 19.5. The lowest BCUT2D eigenvalue weighted by atomic mass is 10.00. The Morgan fingerprint density at radius 2 is 2.00 bits per heavy atom. The minimum atomic E-state index is 0.0263. The van der Waals surface area contributed by atoms with Gasteiger partial charge in [-0.3, -0.25) is 9.48 Å². The predicted molar refractivity (Wildman–Crippen MR) is 129 cm³/mol. The van der Waals surface area contributed by atoms with Gasteiger partial charge in [0, 0.05) is 47.5 Å². The largest absolute Gasteiger partial charge is 0.361 e. The molecule has 4 aromatic rings. The van der Waals surface area contributed by atoms with Crippen molar-refractivity contribution in [3.8, 4) is 0 Å². The number of benzene rings is 1. The summed E-state index contributed by atoms with van der Waals surface area (Å²) in [7, 11) is 1.91. The van der Waals surface area contributed by atoms with Crippen molar-refractivity contribution in [2.24, 2.45) is 13.0 Å². The molecule has 1 fully saturated rings. The highest BCUT2D eigenvalue weighted by atomic mass is 16.2. The maximum Gasteiger partial charge on any atom is 0.259 e. The summed E-state index contributed by atoms with van der Waals surface area (Å²) in [5.41, 5.74) is 5.37. The molecule has 0 bridgehead atoms. The zero-order valence-electron chi connectivity index (χ0n) is 19.5. The number of hydrogen-bond donors (Lipinski definition) is 1. The van der Waals surface area contributed by atoms with Gasteiger partial charge in [0.05, 0.1) is 16.6 Å². The van der Waals surface area contributed by atoms with Crippen molar-refractivity contribution in [2.75, 3.05) is 4.90 Å². The van der Waals surface area contributed by atoms with E-state index in [1.165, 1.54) is 0 Å². The summed E-state index contributed by atoms with van der Waals surface area (Å²) >= 11 is 0. The van der Waals surface area contributed by atoms with Crippen molar-refractivity contribution >= 4 is 33.5 Å². The average Bonchev–Trinajstić information content (AvgIpc) is 3.42. The van der Waals surface area contributed by atoms with Crippen LogP contribution in [0.3, 0.4) is 0 Å². The second kappa shape index (κ2) is 7.76. The van der Waals surface area contributed by atoms with Crippen LogP contribution in [0.15, 0.2) is 36.5 Å². The summed E-state index contributed by atoms with van der Waals surface area (Å²) in [5.74, 6) is 0.966. The number of rotatable bonds is 6. The van der Waals surface area contributed by atoms with E-state index in [9.17, 15) is 4.79 Å². The van der Waals surface area contributed by atoms with Gasteiger partial charge in [0.2, 0.25) is 0 Å². The number of aromatic nitrogens is 4. The minimum Gasteiger partial charge on any atom is -0.361 e. The first kappa shape index (κ1) is 20.7. The third kappa shape index (κ3) is 3.57. The Balaban J connectivity index is 1.67. The molecule has 5 rings (SSSR count). The SMILES string of the molecule is Cc1nn(C)c2nc(C3CC3)cc(C(=O)N(c3ccc4[nH]ccc4c3)C(C)CC(C)C)c12. The van der Waals surface area contributed by atoms with Crippen LogP contribution in [0.25, 0.3) is 21.9 Å². The van der Waals surface area contributed by atoms with E-state index in [2.05, 4.69) is 49.1 Å². The number of pyridine rings is 1. The van der Waals surface area contributed by atoms with Gasteiger partial charge in [0.1, 0.15) is 0 Å². The number of hydrogen-bond acceptors (Lipinski definition) is 3. The number of anilines is 1. The Kier molecular flexibility index (Phi) is 5.03. The number of nitrogens with one attached hydrogen (secondary N) is 1. The van der Waals surface area contributed by atoms with Crippen LogP contribution in [-0.2, 0) is 7.05 Å². The van der Waals surface area contributed by atoms with Crippen molar-refractivity contribution < 1.29 is 4.79 Å². The minimum absolute atomic E-state index is 0.0263. The number of H-pyrrole nitrogens is 1. The molecule has 0 radical (unpaired) electrons. The number of aryl methyl sites for hydroxylation is 2. The van der Waals surface area contributed by atoms with E-state index in [0.717, 1.165) is 58.3 Å². The summed E-state index contributed by atoms with van der Waals surface area (Å²) in [6.07, 6.45) is 5.14. The maximum absolute atomic E-state index is 14.3. The third-order valence-corrected chi connectivity index (χ3v) is 6.50. The maximum atomic E-state index is 14.3. The molecule has 0 spiro atoms. The monoisotopic (exact) mass is 429 g/mol. The van der Waals surface area contributed by atoms with Gasteiger partial charge in [-0.1, -0.05) is 13.8 Å². The van der Waals surface area contributed by atoms with Crippen molar-refractivity contribution in [3.63, 3.8) is 0 Å². The molecule has 1 unspecified atom stereocenters. The Morgan fingerprint density at radius 3 is 2.72 bits per heavy atom. The van der Waals surface area contributed by atoms with E-state index in [4.69, 9.17) is 4.98 Å². The summed E-state index contributed by atoms with van der Waals surface area (Å²) in [4.78, 5) is 24.4. The first-order valence-corrected chi connectivity index (χ1v) is 11.6. The molecule has 0 aliphatic heterocycles. The van der Waals surface area contributed by atoms with Crippen LogP contribution >= 0.6 is 0 Å². The molecule has 6 heteroatoms. The van der Waals surface area contributed by atoms with Crippen molar-refractivity contribution in [1.29, 1.82) is 0 Å². The standard InChI is InChI=1S/C26H31N5O/c1-15(2)12-16(3)31(20-8-9-22-19(13-20)10-11-27-22)26(32)21-14-23(18-6-7-18)28-25-24(21)17(4)29-30(25)5/h8-11,13-16,18,27H,6-7,12H2,1-5H3. The highest BCUT2D eigenvalue weighted by Gasteiger charge is 2.31. The summed E-state index contributed by atoms with van der Waals surface area (Å²) in [6, 6.07) is 10.3. The fraction of sp³-hybridized carbons (Fsp3) is 0.423. The number of carbonyl (C=O) groups is 1.